The van der Waals surface area contributed by atoms with Crippen molar-refractivity contribution < 1.29 is 4.79 Å². The van der Waals surface area contributed by atoms with Crippen LogP contribution in [0.1, 0.15) is 23.6 Å². The number of para-hydroxylation sites is 1. The Balaban J connectivity index is 1.64. The summed E-state index contributed by atoms with van der Waals surface area (Å²) in [5.74, 6) is 0.193. The van der Waals surface area contributed by atoms with Crippen molar-refractivity contribution in [3.05, 3.63) is 87.0 Å². The van der Waals surface area contributed by atoms with E-state index in [2.05, 4.69) is 26.0 Å². The highest BCUT2D eigenvalue weighted by Crippen LogP contribution is 2.23. The van der Waals surface area contributed by atoms with E-state index in [0.29, 0.717) is 28.5 Å². The van der Waals surface area contributed by atoms with Crippen molar-refractivity contribution in [1.82, 2.24) is 9.55 Å². The van der Waals surface area contributed by atoms with Gasteiger partial charge >= 0.3 is 0 Å². The molecule has 0 saturated heterocycles. The van der Waals surface area contributed by atoms with E-state index < -0.39 is 0 Å². The minimum atomic E-state index is -0.0615. The van der Waals surface area contributed by atoms with Crippen LogP contribution in [0.15, 0.2) is 69.9 Å². The summed E-state index contributed by atoms with van der Waals surface area (Å²) >= 11 is 2.72. The number of hydrogen-bond donors (Lipinski definition) is 0. The average molecular weight is 464 g/mol. The van der Waals surface area contributed by atoms with Gasteiger partial charge in [-0.2, -0.15) is 0 Å². The van der Waals surface area contributed by atoms with Gasteiger partial charge in [-0.15, -0.1) is 11.3 Å². The van der Waals surface area contributed by atoms with Crippen LogP contribution in [-0.2, 0) is 11.3 Å². The predicted octanol–water partition coefficient (Wildman–Crippen LogP) is 5.27. The first-order chi connectivity index (χ1) is 15.5. The quantitative estimate of drug-likeness (QED) is 0.277. The fourth-order valence-electron chi connectivity index (χ4n) is 3.57. The number of thiophene rings is 1. The smallest absolute Gasteiger partial charge is 0.272 e. The Morgan fingerprint density at radius 3 is 2.59 bits per heavy atom. The lowest BCUT2D eigenvalue weighted by atomic mass is 10.1. The maximum Gasteiger partial charge on any atom is 0.272 e. The molecule has 2 aromatic heterocycles. The maximum absolute atomic E-state index is 13.2. The minimum absolute atomic E-state index is 0.0129. The molecular weight excluding hydrogens is 438 g/mol. The molecule has 0 aliphatic rings. The van der Waals surface area contributed by atoms with Crippen molar-refractivity contribution in [3.63, 3.8) is 0 Å². The lowest BCUT2D eigenvalue weighted by Crippen LogP contribution is -2.32. The first-order valence-electron chi connectivity index (χ1n) is 10.5. The molecule has 0 atom stereocenters. The summed E-state index contributed by atoms with van der Waals surface area (Å²) in [7, 11) is 0. The van der Waals surface area contributed by atoms with Crippen molar-refractivity contribution in [1.29, 1.82) is 0 Å². The molecule has 4 rings (SSSR count). The lowest BCUT2D eigenvalue weighted by Gasteiger charge is -2.21. The van der Waals surface area contributed by atoms with Gasteiger partial charge in [-0.05, 0) is 61.0 Å². The average Bonchev–Trinajstić information content (AvgIpc) is 3.27. The molecular formula is C25H25N3O2S2. The van der Waals surface area contributed by atoms with Gasteiger partial charge in [0.25, 0.3) is 5.56 Å². The SMILES string of the molecule is CCN(C(=O)CSc1nc2ccsc2c(=O)n1Cc1ccc(C)c(C)c1)c1ccccc1. The van der Waals surface area contributed by atoms with Gasteiger partial charge in [0.15, 0.2) is 5.16 Å². The van der Waals surface area contributed by atoms with Gasteiger partial charge in [-0.3, -0.25) is 14.2 Å². The van der Waals surface area contributed by atoms with Gasteiger partial charge < -0.3 is 4.90 Å². The molecule has 0 fully saturated rings. The minimum Gasteiger partial charge on any atom is -0.312 e. The van der Waals surface area contributed by atoms with Crippen LogP contribution in [-0.4, -0.2) is 27.8 Å². The Labute approximate surface area is 195 Å². The van der Waals surface area contributed by atoms with Gasteiger partial charge in [0.2, 0.25) is 5.91 Å². The molecule has 0 aliphatic carbocycles. The molecule has 0 bridgehead atoms. The Morgan fingerprint density at radius 1 is 1.09 bits per heavy atom. The number of aryl methyl sites for hydroxylation is 2. The molecule has 0 spiro atoms. The second-order valence-electron chi connectivity index (χ2n) is 7.60. The number of aromatic nitrogens is 2. The summed E-state index contributed by atoms with van der Waals surface area (Å²) in [6.45, 7) is 7.10. The van der Waals surface area contributed by atoms with Crippen molar-refractivity contribution >= 4 is 44.9 Å². The molecule has 4 aromatic rings. The molecule has 0 saturated carbocycles. The Hall–Kier alpha value is -2.90. The third kappa shape index (κ3) is 4.64. The van der Waals surface area contributed by atoms with E-state index in [9.17, 15) is 9.59 Å². The molecule has 0 N–H and O–H groups in total. The van der Waals surface area contributed by atoms with Gasteiger partial charge in [0, 0.05) is 12.2 Å². The van der Waals surface area contributed by atoms with E-state index >= 15 is 0 Å². The van der Waals surface area contributed by atoms with Crippen LogP contribution in [0.25, 0.3) is 10.2 Å². The summed E-state index contributed by atoms with van der Waals surface area (Å²) in [6.07, 6.45) is 0. The molecule has 2 heterocycles. The van der Waals surface area contributed by atoms with Crippen LogP contribution in [0.5, 0.6) is 0 Å². The Morgan fingerprint density at radius 2 is 1.88 bits per heavy atom. The van der Waals surface area contributed by atoms with Crippen LogP contribution in [0.3, 0.4) is 0 Å². The molecule has 1 amide bonds. The Kier molecular flexibility index (Phi) is 6.77. The standard InChI is InChI=1S/C25H25N3O2S2/c1-4-27(20-8-6-5-7-9-20)22(29)16-32-25-26-21-12-13-31-23(21)24(30)28(25)15-19-11-10-17(2)18(3)14-19/h5-14H,4,15-16H2,1-3H3. The van der Waals surface area contributed by atoms with Gasteiger partial charge in [-0.1, -0.05) is 48.2 Å². The number of carbonyl (C=O) groups is 1. The van der Waals surface area contributed by atoms with Crippen LogP contribution in [0.2, 0.25) is 0 Å². The molecule has 0 aliphatic heterocycles. The first-order valence-corrected chi connectivity index (χ1v) is 12.4. The second kappa shape index (κ2) is 9.71. The zero-order valence-corrected chi connectivity index (χ0v) is 20.0. The number of benzene rings is 2. The number of hydrogen-bond acceptors (Lipinski definition) is 5. The van der Waals surface area contributed by atoms with E-state index in [-0.39, 0.29) is 17.2 Å². The Bertz CT molecular complexity index is 1310. The van der Waals surface area contributed by atoms with Crippen LogP contribution in [0.4, 0.5) is 5.69 Å². The van der Waals surface area contributed by atoms with Crippen molar-refractivity contribution in [2.45, 2.75) is 32.5 Å². The topological polar surface area (TPSA) is 55.2 Å². The summed E-state index contributed by atoms with van der Waals surface area (Å²) in [4.78, 5) is 32.7. The third-order valence-corrected chi connectivity index (χ3v) is 7.31. The van der Waals surface area contributed by atoms with Crippen molar-refractivity contribution in [2.75, 3.05) is 17.2 Å². The third-order valence-electron chi connectivity index (χ3n) is 5.45. The molecule has 0 unspecified atom stereocenters. The van der Waals surface area contributed by atoms with Crippen molar-refractivity contribution in [3.8, 4) is 0 Å². The van der Waals surface area contributed by atoms with E-state index in [0.717, 1.165) is 11.3 Å². The normalized spacial score (nSPS) is 11.1. The summed E-state index contributed by atoms with van der Waals surface area (Å²) in [6, 6.07) is 17.7. The van der Waals surface area contributed by atoms with Gasteiger partial charge in [-0.25, -0.2) is 4.98 Å². The largest absolute Gasteiger partial charge is 0.312 e. The molecule has 2 aromatic carbocycles. The van der Waals surface area contributed by atoms with Gasteiger partial charge in [0.1, 0.15) is 4.70 Å². The van der Waals surface area contributed by atoms with E-state index in [4.69, 9.17) is 4.98 Å². The number of amides is 1. The van der Waals surface area contributed by atoms with Crippen LogP contribution < -0.4 is 10.5 Å². The number of thioether (sulfide) groups is 1. The van der Waals surface area contributed by atoms with Crippen LogP contribution in [0, 0.1) is 13.8 Å². The molecule has 32 heavy (non-hydrogen) atoms. The van der Waals surface area contributed by atoms with Crippen molar-refractivity contribution in [2.24, 2.45) is 0 Å². The van der Waals surface area contributed by atoms with E-state index in [1.54, 1.807) is 9.47 Å². The number of anilines is 1. The monoisotopic (exact) mass is 463 g/mol. The number of rotatable bonds is 7. The zero-order chi connectivity index (χ0) is 22.7. The fraction of sp³-hybridized carbons (Fsp3) is 0.240. The van der Waals surface area contributed by atoms with Crippen LogP contribution >= 0.6 is 23.1 Å². The predicted molar refractivity (Wildman–Crippen MR) is 134 cm³/mol. The highest BCUT2D eigenvalue weighted by molar-refractivity contribution is 7.99. The van der Waals surface area contributed by atoms with E-state index in [1.165, 1.54) is 34.2 Å². The highest BCUT2D eigenvalue weighted by atomic mass is 32.2. The molecule has 5 nitrogen and oxygen atoms in total. The number of carbonyl (C=O) groups excluding carboxylic acids is 1. The van der Waals surface area contributed by atoms with Gasteiger partial charge in [0.05, 0.1) is 17.8 Å². The molecule has 164 valence electrons. The summed E-state index contributed by atoms with van der Waals surface area (Å²) in [5, 5.41) is 2.45. The fourth-order valence-corrected chi connectivity index (χ4v) is 5.23. The highest BCUT2D eigenvalue weighted by Gasteiger charge is 2.18. The maximum atomic E-state index is 13.2. The second-order valence-corrected chi connectivity index (χ2v) is 9.46. The number of fused-ring (bicyclic) bond motifs is 1. The molecule has 0 radical (unpaired) electrons. The zero-order valence-electron chi connectivity index (χ0n) is 18.4. The van der Waals surface area contributed by atoms with E-state index in [1.807, 2.05) is 54.8 Å². The number of nitrogens with zero attached hydrogens (tertiary/aromatic N) is 3. The molecule has 7 heteroatoms. The summed E-state index contributed by atoms with van der Waals surface area (Å²) < 4.78 is 2.34. The first kappa shape index (κ1) is 22.3. The summed E-state index contributed by atoms with van der Waals surface area (Å²) in [5.41, 5.74) is 4.94. The lowest BCUT2D eigenvalue weighted by molar-refractivity contribution is -0.116.